The fourth-order valence-electron chi connectivity index (χ4n) is 1.49. The molecule has 1 atom stereocenters. The fourth-order valence-corrected chi connectivity index (χ4v) is 2.29. The third-order valence-corrected chi connectivity index (χ3v) is 3.28. The zero-order valence-corrected chi connectivity index (χ0v) is 11.8. The van der Waals surface area contributed by atoms with Crippen LogP contribution >= 0.6 is 11.3 Å². The minimum absolute atomic E-state index is 0.0779. The van der Waals surface area contributed by atoms with E-state index in [9.17, 15) is 4.79 Å². The van der Waals surface area contributed by atoms with Crippen LogP contribution in [0.3, 0.4) is 0 Å². The molecule has 2 aromatic heterocycles. The van der Waals surface area contributed by atoms with Gasteiger partial charge >= 0.3 is 5.97 Å². The molecule has 0 bridgehead atoms. The number of anilines is 1. The van der Waals surface area contributed by atoms with E-state index >= 15 is 0 Å². The Bertz CT molecular complexity index is 564. The first kappa shape index (κ1) is 13.5. The standard InChI is InChI=1S/C12H15N3O3S/c1-7-5-13-11(18-7)8(2)14-12-15-9(6-19-12)4-10(16)17-3/h5-6,8H,4H2,1-3H3,(H,14,15). The van der Waals surface area contributed by atoms with Crippen LogP contribution in [-0.4, -0.2) is 23.0 Å². The number of carbonyl (C=O) groups is 1. The van der Waals surface area contributed by atoms with Crippen molar-refractivity contribution in [3.63, 3.8) is 0 Å². The second-order valence-corrected chi connectivity index (χ2v) is 4.93. The average Bonchev–Trinajstić information content (AvgIpc) is 2.98. The van der Waals surface area contributed by atoms with Gasteiger partial charge in [0.25, 0.3) is 0 Å². The van der Waals surface area contributed by atoms with Gasteiger partial charge in [0.1, 0.15) is 11.8 Å². The largest absolute Gasteiger partial charge is 0.469 e. The van der Waals surface area contributed by atoms with Gasteiger partial charge in [0.2, 0.25) is 5.89 Å². The monoisotopic (exact) mass is 281 g/mol. The molecule has 0 saturated carbocycles. The number of aromatic nitrogens is 2. The van der Waals surface area contributed by atoms with Crippen LogP contribution in [0.5, 0.6) is 0 Å². The molecular formula is C12H15N3O3S. The second kappa shape index (κ2) is 5.83. The minimum Gasteiger partial charge on any atom is -0.469 e. The Labute approximate surface area is 114 Å². The van der Waals surface area contributed by atoms with Gasteiger partial charge in [-0.15, -0.1) is 11.3 Å². The summed E-state index contributed by atoms with van der Waals surface area (Å²) in [6, 6.07) is -0.0779. The van der Waals surface area contributed by atoms with Crippen molar-refractivity contribution in [1.29, 1.82) is 0 Å². The van der Waals surface area contributed by atoms with Gasteiger partial charge in [0.15, 0.2) is 5.13 Å². The maximum atomic E-state index is 11.1. The first-order chi connectivity index (χ1) is 9.08. The number of ether oxygens (including phenoxy) is 1. The van der Waals surface area contributed by atoms with E-state index in [1.54, 1.807) is 6.20 Å². The maximum absolute atomic E-state index is 11.1. The Balaban J connectivity index is 1.98. The number of hydrogen-bond acceptors (Lipinski definition) is 7. The van der Waals surface area contributed by atoms with Gasteiger partial charge in [0.05, 0.1) is 25.4 Å². The number of rotatable bonds is 5. The third-order valence-electron chi connectivity index (χ3n) is 2.45. The molecule has 0 aromatic carbocycles. The zero-order chi connectivity index (χ0) is 13.8. The van der Waals surface area contributed by atoms with E-state index in [2.05, 4.69) is 20.0 Å². The lowest BCUT2D eigenvalue weighted by molar-refractivity contribution is -0.139. The van der Waals surface area contributed by atoms with E-state index in [1.807, 2.05) is 19.2 Å². The normalized spacial score (nSPS) is 12.2. The van der Waals surface area contributed by atoms with Crippen LogP contribution in [0, 0.1) is 6.92 Å². The van der Waals surface area contributed by atoms with Crippen LogP contribution in [0.4, 0.5) is 5.13 Å². The van der Waals surface area contributed by atoms with E-state index in [-0.39, 0.29) is 18.4 Å². The molecule has 6 nitrogen and oxygen atoms in total. The SMILES string of the molecule is COC(=O)Cc1csc(NC(C)c2ncc(C)o2)n1. The molecule has 2 aromatic rings. The van der Waals surface area contributed by atoms with Gasteiger partial charge in [-0.25, -0.2) is 9.97 Å². The summed E-state index contributed by atoms with van der Waals surface area (Å²) in [6.07, 6.45) is 1.86. The summed E-state index contributed by atoms with van der Waals surface area (Å²) in [5, 5.41) is 5.73. The summed E-state index contributed by atoms with van der Waals surface area (Å²) < 4.78 is 10.0. The second-order valence-electron chi connectivity index (χ2n) is 4.07. The fraction of sp³-hybridized carbons (Fsp3) is 0.417. The highest BCUT2D eigenvalue weighted by molar-refractivity contribution is 7.13. The molecule has 0 saturated heterocycles. The number of nitrogens with one attached hydrogen (secondary N) is 1. The van der Waals surface area contributed by atoms with E-state index < -0.39 is 0 Å². The van der Waals surface area contributed by atoms with Gasteiger partial charge in [-0.05, 0) is 13.8 Å². The quantitative estimate of drug-likeness (QED) is 0.847. The van der Waals surface area contributed by atoms with E-state index in [4.69, 9.17) is 4.42 Å². The highest BCUT2D eigenvalue weighted by atomic mass is 32.1. The Kier molecular flexibility index (Phi) is 4.16. The molecule has 0 spiro atoms. The van der Waals surface area contributed by atoms with Gasteiger partial charge in [-0.2, -0.15) is 0 Å². The lowest BCUT2D eigenvalue weighted by Crippen LogP contribution is -2.08. The molecule has 0 radical (unpaired) electrons. The number of nitrogens with zero attached hydrogens (tertiary/aromatic N) is 2. The van der Waals surface area contributed by atoms with Crippen LogP contribution < -0.4 is 5.32 Å². The molecule has 2 heterocycles. The smallest absolute Gasteiger partial charge is 0.311 e. The van der Waals surface area contributed by atoms with Crippen LogP contribution in [0.1, 0.15) is 30.3 Å². The average molecular weight is 281 g/mol. The van der Waals surface area contributed by atoms with Crippen molar-refractivity contribution in [3.8, 4) is 0 Å². The number of esters is 1. The first-order valence-corrected chi connectivity index (χ1v) is 6.66. The predicted octanol–water partition coefficient (Wildman–Crippen LogP) is 2.33. The van der Waals surface area contributed by atoms with Crippen molar-refractivity contribution < 1.29 is 13.9 Å². The van der Waals surface area contributed by atoms with Crippen LogP contribution in [0.15, 0.2) is 16.0 Å². The number of methoxy groups -OCH3 is 1. The minimum atomic E-state index is -0.298. The van der Waals surface area contributed by atoms with Crippen molar-refractivity contribution in [2.45, 2.75) is 26.3 Å². The van der Waals surface area contributed by atoms with E-state index in [0.717, 1.165) is 10.9 Å². The molecule has 7 heteroatoms. The van der Waals surface area contributed by atoms with Crippen LogP contribution in [-0.2, 0) is 16.0 Å². The summed E-state index contributed by atoms with van der Waals surface area (Å²) in [6.45, 7) is 3.79. The predicted molar refractivity (Wildman–Crippen MR) is 71.1 cm³/mol. The van der Waals surface area contributed by atoms with Crippen LogP contribution in [0.2, 0.25) is 0 Å². The van der Waals surface area contributed by atoms with Crippen molar-refractivity contribution in [1.82, 2.24) is 9.97 Å². The summed E-state index contributed by atoms with van der Waals surface area (Å²) in [5.41, 5.74) is 0.690. The van der Waals surface area contributed by atoms with E-state index in [0.29, 0.717) is 11.6 Å². The number of carbonyl (C=O) groups excluding carboxylic acids is 1. The lowest BCUT2D eigenvalue weighted by atomic mass is 10.3. The topological polar surface area (TPSA) is 77.2 Å². The van der Waals surface area contributed by atoms with Crippen molar-refractivity contribution >= 4 is 22.4 Å². The summed E-state index contributed by atoms with van der Waals surface area (Å²) in [5.74, 6) is 1.09. The van der Waals surface area contributed by atoms with Gasteiger partial charge in [-0.1, -0.05) is 0 Å². The Morgan fingerprint density at radius 1 is 1.63 bits per heavy atom. The molecule has 0 fully saturated rings. The Hall–Kier alpha value is -1.89. The number of thiazole rings is 1. The van der Waals surface area contributed by atoms with Gasteiger partial charge in [0, 0.05) is 5.38 Å². The molecule has 0 aliphatic heterocycles. The molecular weight excluding hydrogens is 266 g/mol. The molecule has 0 aliphatic carbocycles. The molecule has 19 heavy (non-hydrogen) atoms. The van der Waals surface area contributed by atoms with Gasteiger partial charge < -0.3 is 14.5 Å². The Morgan fingerprint density at radius 2 is 2.42 bits per heavy atom. The highest BCUT2D eigenvalue weighted by Crippen LogP contribution is 2.22. The number of aryl methyl sites for hydroxylation is 1. The van der Waals surface area contributed by atoms with E-state index in [1.165, 1.54) is 18.4 Å². The van der Waals surface area contributed by atoms with Crippen molar-refractivity contribution in [2.24, 2.45) is 0 Å². The third kappa shape index (κ3) is 3.54. The molecule has 0 aliphatic rings. The molecule has 0 amide bonds. The molecule has 102 valence electrons. The summed E-state index contributed by atoms with van der Waals surface area (Å²) in [7, 11) is 1.36. The number of hydrogen-bond donors (Lipinski definition) is 1. The maximum Gasteiger partial charge on any atom is 0.311 e. The van der Waals surface area contributed by atoms with Crippen LogP contribution in [0.25, 0.3) is 0 Å². The molecule has 1 unspecified atom stereocenters. The highest BCUT2D eigenvalue weighted by Gasteiger charge is 2.14. The first-order valence-electron chi connectivity index (χ1n) is 5.78. The summed E-state index contributed by atoms with van der Waals surface area (Å²) in [4.78, 5) is 19.6. The number of oxazole rings is 1. The lowest BCUT2D eigenvalue weighted by Gasteiger charge is -2.08. The Morgan fingerprint density at radius 3 is 3.05 bits per heavy atom. The summed E-state index contributed by atoms with van der Waals surface area (Å²) >= 11 is 1.43. The molecule has 2 rings (SSSR count). The van der Waals surface area contributed by atoms with Crippen molar-refractivity contribution in [2.75, 3.05) is 12.4 Å². The molecule has 1 N–H and O–H groups in total. The van der Waals surface area contributed by atoms with Gasteiger partial charge in [-0.3, -0.25) is 4.79 Å². The van der Waals surface area contributed by atoms with Crippen molar-refractivity contribution in [3.05, 3.63) is 28.9 Å². The zero-order valence-electron chi connectivity index (χ0n) is 11.0.